The van der Waals surface area contributed by atoms with Crippen molar-refractivity contribution in [2.24, 2.45) is 5.41 Å². The zero-order chi connectivity index (χ0) is 37.6. The fourth-order valence-electron chi connectivity index (χ4n) is 7.35. The van der Waals surface area contributed by atoms with E-state index in [0.717, 1.165) is 71.2 Å². The first kappa shape index (κ1) is 42.4. The molecule has 1 saturated heterocycles. The van der Waals surface area contributed by atoms with Crippen LogP contribution in [0.1, 0.15) is 49.9 Å². The molecule has 1 aliphatic rings. The molecule has 5 rings (SSSR count). The van der Waals surface area contributed by atoms with E-state index in [4.69, 9.17) is 28.4 Å². The summed E-state index contributed by atoms with van der Waals surface area (Å²) in [5.74, 6) is 2.65. The zero-order valence-electron chi connectivity index (χ0n) is 33.4. The minimum absolute atomic E-state index is 0. The SMILES string of the molecule is COc1ccc(C[N+](C)(Cc2ccc(OC)cc2)C[C@@H]2OC(C)(C(C)(C)C)O[C@H]2C[N+](C)(Cc2ccc(OC)cc2)Cc2ccc(OC)cc2)cc1.[I-]. The molecule has 4 aromatic carbocycles. The molecule has 0 bridgehead atoms. The van der Waals surface area contributed by atoms with E-state index in [9.17, 15) is 0 Å². The maximum atomic E-state index is 7.16. The van der Waals surface area contributed by atoms with E-state index in [2.05, 4.69) is 90.3 Å². The molecular weight excluding hydrogens is 779 g/mol. The second-order valence-electron chi connectivity index (χ2n) is 16.1. The number of methoxy groups -OCH3 is 4. The molecule has 1 heterocycles. The van der Waals surface area contributed by atoms with Crippen molar-refractivity contribution in [3.05, 3.63) is 119 Å². The molecule has 0 aliphatic carbocycles. The molecule has 0 unspecified atom stereocenters. The smallest absolute Gasteiger partial charge is 0.171 e. The Labute approximate surface area is 335 Å². The van der Waals surface area contributed by atoms with Gasteiger partial charge in [0.15, 0.2) is 5.79 Å². The summed E-state index contributed by atoms with van der Waals surface area (Å²) in [7, 11) is 11.5. The first-order valence-corrected chi connectivity index (χ1v) is 18.2. The lowest BCUT2D eigenvalue weighted by Crippen LogP contribution is -3.00. The molecule has 0 saturated carbocycles. The van der Waals surface area contributed by atoms with E-state index >= 15 is 0 Å². The van der Waals surface area contributed by atoms with Crippen LogP contribution in [0.25, 0.3) is 0 Å². The highest BCUT2D eigenvalue weighted by Crippen LogP contribution is 2.44. The Morgan fingerprint density at radius 2 is 0.717 bits per heavy atom. The normalized spacial score (nSPS) is 17.2. The molecule has 9 heteroatoms. The molecule has 2 atom stereocenters. The highest BCUT2D eigenvalue weighted by molar-refractivity contribution is 5.29. The van der Waals surface area contributed by atoms with Gasteiger partial charge in [-0.2, -0.15) is 0 Å². The number of hydrogen-bond acceptors (Lipinski definition) is 6. The highest BCUT2D eigenvalue weighted by Gasteiger charge is 2.55. The lowest BCUT2D eigenvalue weighted by atomic mass is 9.87. The van der Waals surface area contributed by atoms with E-state index < -0.39 is 5.79 Å². The van der Waals surface area contributed by atoms with Gasteiger partial charge in [0.25, 0.3) is 0 Å². The van der Waals surface area contributed by atoms with Crippen molar-refractivity contribution in [2.75, 3.05) is 55.6 Å². The van der Waals surface area contributed by atoms with Crippen molar-refractivity contribution >= 4 is 0 Å². The first-order chi connectivity index (χ1) is 24.7. The summed E-state index contributed by atoms with van der Waals surface area (Å²) in [4.78, 5) is 0. The molecule has 4 aromatic rings. The number of halogens is 1. The predicted molar refractivity (Wildman–Crippen MR) is 207 cm³/mol. The quantitative estimate of drug-likeness (QED) is 0.114. The zero-order valence-corrected chi connectivity index (χ0v) is 35.5. The predicted octanol–water partition coefficient (Wildman–Crippen LogP) is 5.27. The maximum absolute atomic E-state index is 7.16. The van der Waals surface area contributed by atoms with Crippen molar-refractivity contribution in [3.63, 3.8) is 0 Å². The Morgan fingerprint density at radius 3 is 0.906 bits per heavy atom. The number of quaternary nitrogens is 2. The molecule has 0 amide bonds. The standard InChI is InChI=1S/C44H60N2O6.HI/c1-43(2,3)44(4)51-41(31-45(5,27-33-11-19-37(47-7)20-12-33)28-34-13-21-38(48-8)22-14-34)42(52-44)32-46(6,29-35-15-23-39(49-9)24-16-35)30-36-17-25-40(50-10)26-18-36;/h11-26,41-42H,27-32H2,1-10H3;1H/q+2;/p-1/t41-,42-;/m0./s1. The Kier molecular flexibility index (Phi) is 14.3. The van der Waals surface area contributed by atoms with Gasteiger partial charge in [-0.3, -0.25) is 0 Å². The van der Waals surface area contributed by atoms with Crippen LogP contribution in [-0.2, 0) is 35.7 Å². The van der Waals surface area contributed by atoms with Crippen LogP contribution in [0.2, 0.25) is 0 Å². The average molecular weight is 840 g/mol. The Morgan fingerprint density at radius 1 is 0.491 bits per heavy atom. The Bertz CT molecular complexity index is 1490. The van der Waals surface area contributed by atoms with Crippen LogP contribution in [0.15, 0.2) is 97.1 Å². The molecule has 0 spiro atoms. The molecule has 0 N–H and O–H groups in total. The monoisotopic (exact) mass is 839 g/mol. The maximum Gasteiger partial charge on any atom is 0.171 e. The third kappa shape index (κ3) is 11.1. The van der Waals surface area contributed by atoms with Crippen LogP contribution in [0, 0.1) is 5.41 Å². The molecule has 8 nitrogen and oxygen atoms in total. The van der Waals surface area contributed by atoms with Crippen molar-refractivity contribution in [1.29, 1.82) is 0 Å². The van der Waals surface area contributed by atoms with Gasteiger partial charge >= 0.3 is 0 Å². The summed E-state index contributed by atoms with van der Waals surface area (Å²) < 4.78 is 37.7. The van der Waals surface area contributed by atoms with Gasteiger partial charge in [-0.1, -0.05) is 20.8 Å². The van der Waals surface area contributed by atoms with Gasteiger partial charge in [-0.05, 0) is 104 Å². The minimum Gasteiger partial charge on any atom is -1.00 e. The molecule has 288 valence electrons. The summed E-state index contributed by atoms with van der Waals surface area (Å²) in [5.41, 5.74) is 4.72. The number of ether oxygens (including phenoxy) is 6. The average Bonchev–Trinajstić information content (AvgIpc) is 3.43. The molecule has 1 fully saturated rings. The summed E-state index contributed by atoms with van der Waals surface area (Å²) >= 11 is 0. The third-order valence-corrected chi connectivity index (χ3v) is 10.7. The fraction of sp³-hybridized carbons (Fsp3) is 0.455. The van der Waals surface area contributed by atoms with Crippen LogP contribution in [-0.4, -0.2) is 82.6 Å². The van der Waals surface area contributed by atoms with E-state index in [0.29, 0.717) is 0 Å². The topological polar surface area (TPSA) is 55.4 Å². The second-order valence-corrected chi connectivity index (χ2v) is 16.1. The van der Waals surface area contributed by atoms with Gasteiger partial charge < -0.3 is 61.4 Å². The highest BCUT2D eigenvalue weighted by atomic mass is 127. The van der Waals surface area contributed by atoms with Gasteiger partial charge in [-0.15, -0.1) is 0 Å². The Balaban J connectivity index is 0.00000627. The van der Waals surface area contributed by atoms with Gasteiger partial charge in [0, 0.05) is 27.7 Å². The minimum atomic E-state index is -0.765. The molecule has 0 radical (unpaired) electrons. The van der Waals surface area contributed by atoms with E-state index in [1.807, 2.05) is 48.5 Å². The third-order valence-electron chi connectivity index (χ3n) is 10.7. The van der Waals surface area contributed by atoms with Gasteiger partial charge in [0.2, 0.25) is 0 Å². The molecule has 0 aromatic heterocycles. The van der Waals surface area contributed by atoms with Crippen LogP contribution >= 0.6 is 0 Å². The van der Waals surface area contributed by atoms with Crippen molar-refractivity contribution in [3.8, 4) is 23.0 Å². The van der Waals surface area contributed by atoms with E-state index in [1.54, 1.807) is 28.4 Å². The largest absolute Gasteiger partial charge is 1.00 e. The van der Waals surface area contributed by atoms with Crippen molar-refractivity contribution in [1.82, 2.24) is 0 Å². The Hall–Kier alpha value is -3.35. The summed E-state index contributed by atoms with van der Waals surface area (Å²) in [5, 5.41) is 0. The number of likely N-dealkylation sites (N-methyl/N-ethyl adjacent to an activating group) is 2. The van der Waals surface area contributed by atoms with Crippen LogP contribution in [0.5, 0.6) is 23.0 Å². The molecule has 53 heavy (non-hydrogen) atoms. The summed E-state index contributed by atoms with van der Waals surface area (Å²) in [6.45, 7) is 13.5. The summed E-state index contributed by atoms with van der Waals surface area (Å²) in [6, 6.07) is 33.7. The molecule has 1 aliphatic heterocycles. The van der Waals surface area contributed by atoms with E-state index in [-0.39, 0.29) is 41.6 Å². The van der Waals surface area contributed by atoms with E-state index in [1.165, 1.54) is 22.3 Å². The molecular formula is C44H60IN2O6+. The fourth-order valence-corrected chi connectivity index (χ4v) is 7.35. The van der Waals surface area contributed by atoms with Gasteiger partial charge in [-0.25, -0.2) is 0 Å². The van der Waals surface area contributed by atoms with Crippen LogP contribution < -0.4 is 42.9 Å². The van der Waals surface area contributed by atoms with Crippen LogP contribution in [0.4, 0.5) is 0 Å². The van der Waals surface area contributed by atoms with Gasteiger partial charge in [0.05, 0.1) is 42.5 Å². The lowest BCUT2D eigenvalue weighted by molar-refractivity contribution is -0.944. The number of rotatable bonds is 16. The summed E-state index contributed by atoms with van der Waals surface area (Å²) in [6.07, 6.45) is -0.315. The second kappa shape index (κ2) is 17.9. The number of benzene rings is 4. The number of nitrogens with zero attached hydrogens (tertiary/aromatic N) is 2. The van der Waals surface area contributed by atoms with Crippen molar-refractivity contribution in [2.45, 2.75) is 71.9 Å². The van der Waals surface area contributed by atoms with Crippen molar-refractivity contribution < 1.29 is 61.4 Å². The first-order valence-electron chi connectivity index (χ1n) is 18.2. The number of hydrogen-bond donors (Lipinski definition) is 0. The van der Waals surface area contributed by atoms with Crippen LogP contribution in [0.3, 0.4) is 0 Å². The lowest BCUT2D eigenvalue weighted by Gasteiger charge is -2.40. The van der Waals surface area contributed by atoms with Gasteiger partial charge in [0.1, 0.15) is 74.5 Å².